The third-order valence-corrected chi connectivity index (χ3v) is 5.97. The van der Waals surface area contributed by atoms with Crippen molar-refractivity contribution in [2.75, 3.05) is 0 Å². The van der Waals surface area contributed by atoms with Crippen LogP contribution in [0.2, 0.25) is 0 Å². The summed E-state index contributed by atoms with van der Waals surface area (Å²) in [5.74, 6) is -0.219. The van der Waals surface area contributed by atoms with Crippen molar-refractivity contribution in [3.63, 3.8) is 0 Å². The Labute approximate surface area is 185 Å². The van der Waals surface area contributed by atoms with Gasteiger partial charge in [-0.2, -0.15) is 0 Å². The van der Waals surface area contributed by atoms with Crippen LogP contribution in [0.1, 0.15) is 0 Å². The molecule has 5 aromatic carbocycles. The molecule has 0 aliphatic heterocycles. The molecule has 0 saturated heterocycles. The van der Waals surface area contributed by atoms with E-state index < -0.39 is 0 Å². The van der Waals surface area contributed by atoms with Gasteiger partial charge in [0, 0.05) is 10.8 Å². The van der Waals surface area contributed by atoms with E-state index in [1.54, 1.807) is 12.1 Å². The fourth-order valence-corrected chi connectivity index (χ4v) is 4.28. The lowest BCUT2D eigenvalue weighted by Gasteiger charge is -2.08. The van der Waals surface area contributed by atoms with E-state index in [1.165, 1.54) is 12.1 Å². The van der Waals surface area contributed by atoms with E-state index in [0.717, 1.165) is 55.3 Å². The molecule has 1 aromatic heterocycles. The summed E-state index contributed by atoms with van der Waals surface area (Å²) in [4.78, 5) is 0. The molecule has 0 amide bonds. The summed E-state index contributed by atoms with van der Waals surface area (Å²) in [5, 5.41) is 2.27. The van der Waals surface area contributed by atoms with E-state index in [0.29, 0.717) is 0 Å². The molecule has 6 aromatic rings. The fourth-order valence-electron chi connectivity index (χ4n) is 4.28. The van der Waals surface area contributed by atoms with Crippen molar-refractivity contribution < 1.29 is 8.81 Å². The maximum absolute atomic E-state index is 13.2. The van der Waals surface area contributed by atoms with Gasteiger partial charge < -0.3 is 4.42 Å². The summed E-state index contributed by atoms with van der Waals surface area (Å²) < 4.78 is 19.2. The maximum atomic E-state index is 13.2. The first-order valence-electron chi connectivity index (χ1n) is 10.6. The zero-order chi connectivity index (χ0) is 21.5. The van der Waals surface area contributed by atoms with Crippen LogP contribution in [0.15, 0.2) is 120 Å². The van der Waals surface area contributed by atoms with Crippen molar-refractivity contribution in [3.05, 3.63) is 121 Å². The molecule has 0 radical (unpaired) electrons. The Morgan fingerprint density at radius 1 is 0.406 bits per heavy atom. The summed E-state index contributed by atoms with van der Waals surface area (Å²) in [6.45, 7) is 0. The van der Waals surface area contributed by atoms with Crippen molar-refractivity contribution >= 4 is 21.9 Å². The molecular formula is C30H19FO. The van der Waals surface area contributed by atoms with Crippen molar-refractivity contribution in [1.29, 1.82) is 0 Å². The first kappa shape index (κ1) is 18.6. The second kappa shape index (κ2) is 7.51. The van der Waals surface area contributed by atoms with Gasteiger partial charge in [-0.15, -0.1) is 0 Å². The van der Waals surface area contributed by atoms with Gasteiger partial charge in [0.2, 0.25) is 0 Å². The number of rotatable bonds is 3. The zero-order valence-electron chi connectivity index (χ0n) is 17.3. The van der Waals surface area contributed by atoms with Crippen molar-refractivity contribution in [1.82, 2.24) is 0 Å². The van der Waals surface area contributed by atoms with Gasteiger partial charge in [0.15, 0.2) is 0 Å². The highest BCUT2D eigenvalue weighted by Crippen LogP contribution is 2.34. The largest absolute Gasteiger partial charge is 0.456 e. The summed E-state index contributed by atoms with van der Waals surface area (Å²) in [5.41, 5.74) is 8.52. The monoisotopic (exact) mass is 414 g/mol. The molecule has 0 unspecified atom stereocenters. The number of benzene rings is 5. The minimum absolute atomic E-state index is 0.219. The summed E-state index contributed by atoms with van der Waals surface area (Å²) >= 11 is 0. The van der Waals surface area contributed by atoms with Crippen molar-refractivity contribution in [2.24, 2.45) is 0 Å². The topological polar surface area (TPSA) is 13.1 Å². The van der Waals surface area contributed by atoms with Crippen LogP contribution in [-0.4, -0.2) is 0 Å². The molecule has 0 bridgehead atoms. The molecule has 152 valence electrons. The average Bonchev–Trinajstić information content (AvgIpc) is 3.23. The molecule has 0 N–H and O–H groups in total. The second-order valence-corrected chi connectivity index (χ2v) is 7.97. The number of hydrogen-bond acceptors (Lipinski definition) is 1. The molecule has 0 aliphatic carbocycles. The molecule has 0 aliphatic rings. The number of halogens is 1. The third kappa shape index (κ3) is 3.27. The van der Waals surface area contributed by atoms with E-state index in [2.05, 4.69) is 72.8 Å². The Balaban J connectivity index is 1.36. The standard InChI is InChI=1S/C30H19FO/c31-26-15-12-21(13-16-26)20-8-10-22(11-9-20)23-4-3-5-24(18-23)25-14-17-30-28(19-25)27-6-1-2-7-29(27)32-30/h1-19H. The van der Waals surface area contributed by atoms with Crippen LogP contribution < -0.4 is 0 Å². The van der Waals surface area contributed by atoms with Crippen LogP contribution in [0.4, 0.5) is 4.39 Å². The molecule has 32 heavy (non-hydrogen) atoms. The molecule has 0 saturated carbocycles. The van der Waals surface area contributed by atoms with E-state index in [4.69, 9.17) is 4.42 Å². The van der Waals surface area contributed by atoms with Gasteiger partial charge in [-0.3, -0.25) is 0 Å². The molecule has 0 atom stereocenters. The van der Waals surface area contributed by atoms with Gasteiger partial charge in [0.1, 0.15) is 17.0 Å². The molecule has 1 nitrogen and oxygen atoms in total. The van der Waals surface area contributed by atoms with Gasteiger partial charge in [-0.25, -0.2) is 4.39 Å². The quantitative estimate of drug-likeness (QED) is 0.282. The zero-order valence-corrected chi connectivity index (χ0v) is 17.3. The smallest absolute Gasteiger partial charge is 0.135 e. The number of furan rings is 1. The molecule has 1 heterocycles. The lowest BCUT2D eigenvalue weighted by Crippen LogP contribution is -1.83. The van der Waals surface area contributed by atoms with E-state index in [-0.39, 0.29) is 5.82 Å². The van der Waals surface area contributed by atoms with Crippen LogP contribution in [0.5, 0.6) is 0 Å². The SMILES string of the molecule is Fc1ccc(-c2ccc(-c3cccc(-c4ccc5oc6ccccc6c5c4)c3)cc2)cc1. The number of hydrogen-bond donors (Lipinski definition) is 0. The normalized spacial score (nSPS) is 11.3. The Morgan fingerprint density at radius 2 is 0.938 bits per heavy atom. The average molecular weight is 414 g/mol. The fraction of sp³-hybridized carbons (Fsp3) is 0. The Kier molecular flexibility index (Phi) is 4.36. The van der Waals surface area contributed by atoms with Crippen molar-refractivity contribution in [2.45, 2.75) is 0 Å². The second-order valence-electron chi connectivity index (χ2n) is 7.97. The van der Waals surface area contributed by atoms with Crippen LogP contribution >= 0.6 is 0 Å². The minimum Gasteiger partial charge on any atom is -0.456 e. The highest BCUT2D eigenvalue weighted by atomic mass is 19.1. The first-order valence-corrected chi connectivity index (χ1v) is 10.6. The molecular weight excluding hydrogens is 395 g/mol. The lowest BCUT2D eigenvalue weighted by atomic mass is 9.96. The third-order valence-electron chi connectivity index (χ3n) is 5.97. The number of fused-ring (bicyclic) bond motifs is 3. The van der Waals surface area contributed by atoms with Crippen LogP contribution in [0.25, 0.3) is 55.3 Å². The highest BCUT2D eigenvalue weighted by molar-refractivity contribution is 6.06. The minimum atomic E-state index is -0.219. The van der Waals surface area contributed by atoms with Crippen molar-refractivity contribution in [3.8, 4) is 33.4 Å². The van der Waals surface area contributed by atoms with Gasteiger partial charge in [-0.1, -0.05) is 78.9 Å². The molecule has 6 rings (SSSR count). The Hall–Kier alpha value is -4.17. The van der Waals surface area contributed by atoms with Gasteiger partial charge >= 0.3 is 0 Å². The molecule has 2 heteroatoms. The van der Waals surface area contributed by atoms with Gasteiger partial charge in [-0.05, 0) is 69.8 Å². The predicted octanol–water partition coefficient (Wildman–Crippen LogP) is 8.73. The Morgan fingerprint density at radius 3 is 1.69 bits per heavy atom. The summed E-state index contributed by atoms with van der Waals surface area (Å²) in [6.07, 6.45) is 0. The lowest BCUT2D eigenvalue weighted by molar-refractivity contribution is 0.628. The molecule has 0 fully saturated rings. The van der Waals surface area contributed by atoms with Crippen LogP contribution in [-0.2, 0) is 0 Å². The van der Waals surface area contributed by atoms with Gasteiger partial charge in [0.25, 0.3) is 0 Å². The summed E-state index contributed by atoms with van der Waals surface area (Å²) in [6, 6.07) is 38.1. The Bertz CT molecular complexity index is 1560. The van der Waals surface area contributed by atoms with Crippen LogP contribution in [0, 0.1) is 5.82 Å². The van der Waals surface area contributed by atoms with E-state index >= 15 is 0 Å². The van der Waals surface area contributed by atoms with Crippen LogP contribution in [0.3, 0.4) is 0 Å². The predicted molar refractivity (Wildman–Crippen MR) is 130 cm³/mol. The first-order chi connectivity index (χ1) is 15.7. The van der Waals surface area contributed by atoms with E-state index in [9.17, 15) is 4.39 Å². The highest BCUT2D eigenvalue weighted by Gasteiger charge is 2.09. The maximum Gasteiger partial charge on any atom is 0.135 e. The van der Waals surface area contributed by atoms with Gasteiger partial charge in [0.05, 0.1) is 0 Å². The van der Waals surface area contributed by atoms with E-state index in [1.807, 2.05) is 18.2 Å². The number of para-hydroxylation sites is 1. The summed E-state index contributed by atoms with van der Waals surface area (Å²) in [7, 11) is 0. The molecule has 0 spiro atoms.